The highest BCUT2D eigenvalue weighted by Gasteiger charge is 2.30. The van der Waals surface area contributed by atoms with E-state index in [1.54, 1.807) is 30.8 Å². The molecule has 11 heteroatoms. The summed E-state index contributed by atoms with van der Waals surface area (Å²) in [6, 6.07) is 5.80. The lowest BCUT2D eigenvalue weighted by Crippen LogP contribution is -2.41. The standard InChI is InChI=1S/C22H25F2N7O2/c1-13-26-18-4-3-17(28-21(18)30(13)12-20(23)24)16-5-6-31-19(16)11-25-22(29-31)27-14-9-15(10-14)33-8-7-32-2/h3-6,11,14-15,20H,7-10,12H2,1-2H3,(H,27,29)/t14-,15-. The van der Waals surface area contributed by atoms with Crippen molar-refractivity contribution in [3.8, 4) is 11.3 Å². The van der Waals surface area contributed by atoms with Crippen molar-refractivity contribution in [1.29, 1.82) is 0 Å². The number of hydrogen-bond acceptors (Lipinski definition) is 7. The van der Waals surface area contributed by atoms with E-state index in [9.17, 15) is 8.78 Å². The maximum Gasteiger partial charge on any atom is 0.256 e. The highest BCUT2D eigenvalue weighted by Crippen LogP contribution is 2.28. The molecule has 0 atom stereocenters. The minimum absolute atomic E-state index is 0.239. The number of fused-ring (bicyclic) bond motifs is 2. The van der Waals surface area contributed by atoms with Crippen molar-refractivity contribution in [3.05, 3.63) is 36.4 Å². The number of imidazole rings is 1. The van der Waals surface area contributed by atoms with Crippen molar-refractivity contribution in [2.75, 3.05) is 25.6 Å². The minimum Gasteiger partial charge on any atom is -0.382 e. The number of alkyl halides is 2. The number of aromatic nitrogens is 6. The summed E-state index contributed by atoms with van der Waals surface area (Å²) < 4.78 is 39.9. The summed E-state index contributed by atoms with van der Waals surface area (Å²) in [5.74, 6) is 1.05. The van der Waals surface area contributed by atoms with Gasteiger partial charge >= 0.3 is 0 Å². The Morgan fingerprint density at radius 1 is 1.18 bits per heavy atom. The molecule has 1 N–H and O–H groups in total. The van der Waals surface area contributed by atoms with E-state index in [0.29, 0.717) is 41.8 Å². The zero-order chi connectivity index (χ0) is 22.9. The molecule has 0 bridgehead atoms. The second kappa shape index (κ2) is 8.99. The Kier molecular flexibility index (Phi) is 5.90. The van der Waals surface area contributed by atoms with Crippen LogP contribution in [-0.2, 0) is 16.0 Å². The molecule has 9 nitrogen and oxygen atoms in total. The lowest BCUT2D eigenvalue weighted by Gasteiger charge is -2.35. The van der Waals surface area contributed by atoms with E-state index >= 15 is 0 Å². The number of hydrogen-bond donors (Lipinski definition) is 1. The Hall–Kier alpha value is -3.18. The van der Waals surface area contributed by atoms with Gasteiger partial charge in [-0.15, -0.1) is 5.10 Å². The van der Waals surface area contributed by atoms with Crippen LogP contribution in [0.3, 0.4) is 0 Å². The summed E-state index contributed by atoms with van der Waals surface area (Å²) in [5, 5.41) is 7.90. The van der Waals surface area contributed by atoms with Crippen LogP contribution in [0.25, 0.3) is 27.9 Å². The van der Waals surface area contributed by atoms with Crippen molar-refractivity contribution in [2.45, 2.75) is 44.9 Å². The Bertz CT molecular complexity index is 1270. The third-order valence-corrected chi connectivity index (χ3v) is 5.87. The van der Waals surface area contributed by atoms with Crippen LogP contribution < -0.4 is 5.32 Å². The average molecular weight is 457 g/mol. The van der Waals surface area contributed by atoms with Crippen LogP contribution in [0.4, 0.5) is 14.7 Å². The highest BCUT2D eigenvalue weighted by molar-refractivity contribution is 5.82. The molecule has 1 aliphatic carbocycles. The van der Waals surface area contributed by atoms with Gasteiger partial charge in [0.15, 0.2) is 5.65 Å². The van der Waals surface area contributed by atoms with Crippen molar-refractivity contribution < 1.29 is 18.3 Å². The van der Waals surface area contributed by atoms with Gasteiger partial charge in [-0.3, -0.25) is 0 Å². The first-order valence-corrected chi connectivity index (χ1v) is 10.9. The molecular weight excluding hydrogens is 432 g/mol. The molecule has 174 valence electrons. The predicted octanol–water partition coefficient (Wildman–Crippen LogP) is 3.32. The van der Waals surface area contributed by atoms with E-state index in [1.807, 2.05) is 18.3 Å². The van der Waals surface area contributed by atoms with Crippen molar-refractivity contribution in [2.24, 2.45) is 0 Å². The van der Waals surface area contributed by atoms with Crippen molar-refractivity contribution >= 4 is 22.6 Å². The molecule has 0 unspecified atom stereocenters. The third-order valence-electron chi connectivity index (χ3n) is 5.87. The van der Waals surface area contributed by atoms with Crippen LogP contribution in [0, 0.1) is 6.92 Å². The van der Waals surface area contributed by atoms with Gasteiger partial charge in [-0.2, -0.15) is 0 Å². The Morgan fingerprint density at radius 2 is 2.03 bits per heavy atom. The van der Waals surface area contributed by atoms with E-state index in [-0.39, 0.29) is 12.1 Å². The molecule has 0 aliphatic heterocycles. The smallest absolute Gasteiger partial charge is 0.256 e. The third kappa shape index (κ3) is 4.38. The summed E-state index contributed by atoms with van der Waals surface area (Å²) in [7, 11) is 1.66. The molecule has 0 spiro atoms. The van der Waals surface area contributed by atoms with E-state index < -0.39 is 13.0 Å². The summed E-state index contributed by atoms with van der Waals surface area (Å²) in [6.07, 6.45) is 3.13. The van der Waals surface area contributed by atoms with Crippen LogP contribution in [-0.4, -0.2) is 68.0 Å². The SMILES string of the molecule is COCCO[C@H]1C[C@H](Nc2ncc3c(-c4ccc5nc(C)n(CC(F)F)c5n4)ccn3n2)C1. The molecule has 1 saturated carbocycles. The number of anilines is 1. The van der Waals surface area contributed by atoms with E-state index in [2.05, 4.69) is 25.4 Å². The average Bonchev–Trinajstić information content (AvgIpc) is 3.32. The topological polar surface area (TPSA) is 91.4 Å². The lowest BCUT2D eigenvalue weighted by molar-refractivity contribution is -0.0261. The molecule has 1 fully saturated rings. The normalized spacial score (nSPS) is 18.3. The molecule has 0 radical (unpaired) electrons. The molecular formula is C22H25F2N7O2. The van der Waals surface area contributed by atoms with Gasteiger partial charge in [0.25, 0.3) is 6.43 Å². The van der Waals surface area contributed by atoms with Crippen LogP contribution in [0.1, 0.15) is 18.7 Å². The van der Waals surface area contributed by atoms with Gasteiger partial charge in [0.2, 0.25) is 5.95 Å². The number of halogens is 2. The fourth-order valence-electron chi connectivity index (χ4n) is 4.10. The zero-order valence-electron chi connectivity index (χ0n) is 18.4. The number of aryl methyl sites for hydroxylation is 1. The van der Waals surface area contributed by atoms with E-state index in [4.69, 9.17) is 9.47 Å². The predicted molar refractivity (Wildman–Crippen MR) is 119 cm³/mol. The fraction of sp³-hybridized carbons (Fsp3) is 0.455. The number of nitrogens with one attached hydrogen (secondary N) is 1. The quantitative estimate of drug-likeness (QED) is 0.386. The molecule has 4 aromatic heterocycles. The highest BCUT2D eigenvalue weighted by atomic mass is 19.3. The van der Waals surface area contributed by atoms with Crippen LogP contribution >= 0.6 is 0 Å². The van der Waals surface area contributed by atoms with Gasteiger partial charge in [0.05, 0.1) is 43.3 Å². The lowest BCUT2D eigenvalue weighted by atomic mass is 9.89. The van der Waals surface area contributed by atoms with E-state index in [0.717, 1.165) is 23.9 Å². The van der Waals surface area contributed by atoms with Gasteiger partial charge < -0.3 is 19.4 Å². The van der Waals surface area contributed by atoms with E-state index in [1.165, 1.54) is 4.57 Å². The second-order valence-corrected chi connectivity index (χ2v) is 8.14. The first-order chi connectivity index (χ1) is 16.0. The van der Waals surface area contributed by atoms with Gasteiger partial charge in [0, 0.05) is 24.9 Å². The van der Waals surface area contributed by atoms with Crippen LogP contribution in [0.5, 0.6) is 0 Å². The summed E-state index contributed by atoms with van der Waals surface area (Å²) in [5.41, 5.74) is 3.28. The Balaban J connectivity index is 1.33. The maximum absolute atomic E-state index is 13.0. The molecule has 5 rings (SSSR count). The number of rotatable bonds is 9. The Labute approximate surface area is 188 Å². The van der Waals surface area contributed by atoms with Crippen molar-refractivity contribution in [3.63, 3.8) is 0 Å². The maximum atomic E-state index is 13.0. The van der Waals surface area contributed by atoms with Gasteiger partial charge in [-0.05, 0) is 38.0 Å². The van der Waals surface area contributed by atoms with Crippen molar-refractivity contribution in [1.82, 2.24) is 29.1 Å². The largest absolute Gasteiger partial charge is 0.382 e. The van der Waals surface area contributed by atoms with Crippen LogP contribution in [0.15, 0.2) is 30.6 Å². The second-order valence-electron chi connectivity index (χ2n) is 8.14. The number of nitrogens with zero attached hydrogens (tertiary/aromatic N) is 6. The van der Waals surface area contributed by atoms with Crippen LogP contribution in [0.2, 0.25) is 0 Å². The molecule has 4 heterocycles. The zero-order valence-corrected chi connectivity index (χ0v) is 18.4. The van der Waals surface area contributed by atoms with Gasteiger partial charge in [0.1, 0.15) is 11.3 Å². The fourth-order valence-corrected chi connectivity index (χ4v) is 4.10. The minimum atomic E-state index is -2.48. The number of methoxy groups -OCH3 is 1. The first-order valence-electron chi connectivity index (χ1n) is 10.9. The number of pyridine rings is 1. The number of ether oxygens (including phenoxy) is 2. The molecule has 4 aromatic rings. The first kappa shape index (κ1) is 21.7. The Morgan fingerprint density at radius 3 is 2.82 bits per heavy atom. The molecule has 0 amide bonds. The molecule has 0 aromatic carbocycles. The molecule has 1 aliphatic rings. The molecule has 33 heavy (non-hydrogen) atoms. The summed E-state index contributed by atoms with van der Waals surface area (Å²) >= 11 is 0. The summed E-state index contributed by atoms with van der Waals surface area (Å²) in [4.78, 5) is 13.4. The monoisotopic (exact) mass is 457 g/mol. The molecule has 0 saturated heterocycles. The van der Waals surface area contributed by atoms with Gasteiger partial charge in [-0.25, -0.2) is 28.2 Å². The van der Waals surface area contributed by atoms with Gasteiger partial charge in [-0.1, -0.05) is 0 Å². The summed E-state index contributed by atoms with van der Waals surface area (Å²) in [6.45, 7) is 2.47.